The quantitative estimate of drug-likeness (QED) is 0.406. The van der Waals surface area contributed by atoms with Gasteiger partial charge in [0.15, 0.2) is 5.82 Å². The number of rotatable bonds is 7. The highest BCUT2D eigenvalue weighted by atomic mass is 35.5. The van der Waals surface area contributed by atoms with Gasteiger partial charge in [0.25, 0.3) is 0 Å². The van der Waals surface area contributed by atoms with Crippen molar-refractivity contribution in [1.82, 2.24) is 24.4 Å². The van der Waals surface area contributed by atoms with Crippen LogP contribution in [0, 0.1) is 11.3 Å². The Bertz CT molecular complexity index is 1410. The number of nitrogens with one attached hydrogen (secondary N) is 1. The third-order valence-corrected chi connectivity index (χ3v) is 5.03. The number of hydrogen-bond donors (Lipinski definition) is 1. The lowest BCUT2D eigenvalue weighted by Crippen LogP contribution is -2.10. The minimum Gasteiger partial charge on any atom is -0.487 e. The molecule has 0 aliphatic carbocycles. The summed E-state index contributed by atoms with van der Waals surface area (Å²) in [6, 6.07) is 5.25. The summed E-state index contributed by atoms with van der Waals surface area (Å²) in [5.41, 5.74) is 2.08. The average molecular weight is 470 g/mol. The van der Waals surface area contributed by atoms with Gasteiger partial charge in [-0.15, -0.1) is 0 Å². The van der Waals surface area contributed by atoms with E-state index in [0.717, 1.165) is 6.08 Å². The molecule has 0 bridgehead atoms. The minimum absolute atomic E-state index is 0.0379. The predicted molar refractivity (Wildman–Crippen MR) is 115 cm³/mol. The van der Waals surface area contributed by atoms with Gasteiger partial charge >= 0.3 is 6.55 Å². The fourth-order valence-corrected chi connectivity index (χ4v) is 3.25. The zero-order chi connectivity index (χ0) is 23.5. The number of fused-ring (bicyclic) bond motifs is 1. The van der Waals surface area contributed by atoms with Gasteiger partial charge in [-0.3, -0.25) is 4.79 Å². The van der Waals surface area contributed by atoms with Crippen molar-refractivity contribution in [2.45, 2.75) is 13.2 Å². The Morgan fingerprint density at radius 3 is 2.85 bits per heavy atom. The van der Waals surface area contributed by atoms with Crippen LogP contribution in [0.1, 0.15) is 17.7 Å². The monoisotopic (exact) mass is 469 g/mol. The van der Waals surface area contributed by atoms with Gasteiger partial charge in [-0.2, -0.15) is 24.2 Å². The largest absolute Gasteiger partial charge is 0.487 e. The topological polar surface area (TPSA) is 110 Å². The molecule has 0 fully saturated rings. The molecule has 0 aliphatic rings. The number of carbonyl (C=O) groups is 1. The second-order valence-electron chi connectivity index (χ2n) is 6.66. The van der Waals surface area contributed by atoms with Crippen molar-refractivity contribution in [3.05, 3.63) is 71.9 Å². The Labute approximate surface area is 190 Å². The zero-order valence-electron chi connectivity index (χ0n) is 16.7. The number of halogens is 3. The standard InChI is InChI=1S/C21H14ClF2N7O2/c1-2-17(32)29-20-18(22)12(3-4-26-20)11-33-16-5-13(15-8-28-31(10-15)21(23)24)9-30-19(16)14(6-25)7-27-30/h2-5,7-10,21H,1,11H2,(H,26,29,32). The van der Waals surface area contributed by atoms with Crippen LogP contribution in [-0.2, 0) is 11.4 Å². The van der Waals surface area contributed by atoms with Gasteiger partial charge in [0.05, 0.1) is 17.4 Å². The van der Waals surface area contributed by atoms with Crippen LogP contribution in [0.5, 0.6) is 5.75 Å². The van der Waals surface area contributed by atoms with E-state index in [4.69, 9.17) is 16.3 Å². The first-order valence-electron chi connectivity index (χ1n) is 9.35. The molecule has 4 heterocycles. The molecule has 0 aromatic carbocycles. The van der Waals surface area contributed by atoms with Crippen molar-refractivity contribution in [1.29, 1.82) is 5.26 Å². The lowest BCUT2D eigenvalue weighted by Gasteiger charge is -2.13. The van der Waals surface area contributed by atoms with E-state index < -0.39 is 12.5 Å². The van der Waals surface area contributed by atoms with Crippen molar-refractivity contribution in [2.24, 2.45) is 0 Å². The molecule has 33 heavy (non-hydrogen) atoms. The lowest BCUT2D eigenvalue weighted by atomic mass is 10.1. The lowest BCUT2D eigenvalue weighted by molar-refractivity contribution is -0.111. The van der Waals surface area contributed by atoms with Crippen molar-refractivity contribution in [3.63, 3.8) is 0 Å². The maximum atomic E-state index is 12.9. The number of aromatic nitrogens is 5. The molecular weight excluding hydrogens is 456 g/mol. The molecule has 9 nitrogen and oxygen atoms in total. The molecule has 0 saturated heterocycles. The van der Waals surface area contributed by atoms with Gasteiger partial charge in [0.1, 0.15) is 29.5 Å². The van der Waals surface area contributed by atoms with E-state index in [1.165, 1.54) is 29.3 Å². The van der Waals surface area contributed by atoms with Crippen LogP contribution in [0.25, 0.3) is 16.6 Å². The first-order valence-corrected chi connectivity index (χ1v) is 9.72. The molecule has 0 aliphatic heterocycles. The van der Waals surface area contributed by atoms with Gasteiger partial charge in [0.2, 0.25) is 5.91 Å². The molecule has 0 spiro atoms. The maximum absolute atomic E-state index is 12.9. The van der Waals surface area contributed by atoms with Crippen molar-refractivity contribution < 1.29 is 18.3 Å². The SMILES string of the molecule is C=CC(=O)Nc1nccc(COc2cc(-c3cnn(C(F)F)c3)cn3ncc(C#N)c23)c1Cl. The van der Waals surface area contributed by atoms with E-state index in [0.29, 0.717) is 26.9 Å². The summed E-state index contributed by atoms with van der Waals surface area (Å²) < 4.78 is 33.8. The number of carbonyl (C=O) groups excluding carboxylic acids is 1. The molecular formula is C21H14ClF2N7O2. The van der Waals surface area contributed by atoms with Crippen LogP contribution in [-0.4, -0.2) is 30.3 Å². The second kappa shape index (κ2) is 9.05. The molecule has 0 radical (unpaired) electrons. The van der Waals surface area contributed by atoms with Gasteiger partial charge in [-0.05, 0) is 18.2 Å². The number of ether oxygens (including phenoxy) is 1. The van der Waals surface area contributed by atoms with Gasteiger partial charge in [-0.25, -0.2) is 14.2 Å². The highest BCUT2D eigenvalue weighted by molar-refractivity contribution is 6.34. The summed E-state index contributed by atoms with van der Waals surface area (Å²) in [4.78, 5) is 15.6. The molecule has 1 N–H and O–H groups in total. The molecule has 0 saturated carbocycles. The van der Waals surface area contributed by atoms with E-state index in [1.54, 1.807) is 18.3 Å². The summed E-state index contributed by atoms with van der Waals surface area (Å²) in [5.74, 6) is -0.0573. The summed E-state index contributed by atoms with van der Waals surface area (Å²) >= 11 is 6.35. The highest BCUT2D eigenvalue weighted by Crippen LogP contribution is 2.32. The fourth-order valence-electron chi connectivity index (χ4n) is 3.03. The predicted octanol–water partition coefficient (Wildman–Crippen LogP) is 4.22. The van der Waals surface area contributed by atoms with Gasteiger partial charge in [-0.1, -0.05) is 18.2 Å². The number of pyridine rings is 2. The van der Waals surface area contributed by atoms with E-state index in [2.05, 4.69) is 27.1 Å². The van der Waals surface area contributed by atoms with Crippen molar-refractivity contribution in [3.8, 4) is 22.9 Å². The van der Waals surface area contributed by atoms with Crippen LogP contribution in [0.15, 0.2) is 55.8 Å². The Morgan fingerprint density at radius 2 is 2.15 bits per heavy atom. The van der Waals surface area contributed by atoms with Crippen molar-refractivity contribution >= 4 is 28.8 Å². The molecule has 1 amide bonds. The smallest absolute Gasteiger partial charge is 0.333 e. The highest BCUT2D eigenvalue weighted by Gasteiger charge is 2.17. The molecule has 12 heteroatoms. The van der Waals surface area contributed by atoms with Gasteiger partial charge in [0, 0.05) is 35.3 Å². The Kier molecular flexibility index (Phi) is 6.01. The summed E-state index contributed by atoms with van der Waals surface area (Å²) in [6.07, 6.45) is 7.98. The maximum Gasteiger partial charge on any atom is 0.333 e. The molecule has 4 aromatic heterocycles. The zero-order valence-corrected chi connectivity index (χ0v) is 17.5. The number of nitriles is 1. The van der Waals surface area contributed by atoms with E-state index in [-0.39, 0.29) is 28.8 Å². The molecule has 4 rings (SSSR count). The number of hydrogen-bond acceptors (Lipinski definition) is 6. The second-order valence-corrected chi connectivity index (χ2v) is 7.04. The minimum atomic E-state index is -2.78. The number of alkyl halides is 2. The molecule has 0 atom stereocenters. The van der Waals surface area contributed by atoms with Crippen LogP contribution >= 0.6 is 11.6 Å². The molecule has 4 aromatic rings. The van der Waals surface area contributed by atoms with Crippen molar-refractivity contribution in [2.75, 3.05) is 5.32 Å². The van der Waals surface area contributed by atoms with Crippen LogP contribution in [0.3, 0.4) is 0 Å². The third-order valence-electron chi connectivity index (χ3n) is 4.61. The van der Waals surface area contributed by atoms with Crippen LogP contribution in [0.4, 0.5) is 14.6 Å². The molecule has 0 unspecified atom stereocenters. The Morgan fingerprint density at radius 1 is 1.33 bits per heavy atom. The van der Waals surface area contributed by atoms with E-state index >= 15 is 0 Å². The number of anilines is 1. The van der Waals surface area contributed by atoms with Gasteiger partial charge < -0.3 is 10.1 Å². The average Bonchev–Trinajstić information content (AvgIpc) is 3.46. The number of nitrogens with zero attached hydrogens (tertiary/aromatic N) is 6. The normalized spacial score (nSPS) is 10.9. The number of amides is 1. The van der Waals surface area contributed by atoms with Crippen LogP contribution < -0.4 is 10.1 Å². The first kappa shape index (κ1) is 21.9. The van der Waals surface area contributed by atoms with E-state index in [9.17, 15) is 18.8 Å². The summed E-state index contributed by atoms with van der Waals surface area (Å²) in [6.45, 7) is 0.562. The fraction of sp³-hybridized carbons (Fsp3) is 0.0952. The Hall–Kier alpha value is -4.30. The third kappa shape index (κ3) is 4.37. The Balaban J connectivity index is 1.70. The van der Waals surface area contributed by atoms with Crippen LogP contribution in [0.2, 0.25) is 5.02 Å². The van der Waals surface area contributed by atoms with E-state index in [1.807, 2.05) is 6.07 Å². The summed E-state index contributed by atoms with van der Waals surface area (Å²) in [5, 5.41) is 19.9. The first-order chi connectivity index (χ1) is 15.9. The summed E-state index contributed by atoms with van der Waals surface area (Å²) in [7, 11) is 0. The molecule has 166 valence electrons.